The van der Waals surface area contributed by atoms with Gasteiger partial charge in [-0.15, -0.1) is 0 Å². The Morgan fingerprint density at radius 1 is 1.18 bits per heavy atom. The SMILES string of the molecule is CC.COC(=O)c1ccc(C2OCCO2)cc1. The molecule has 17 heavy (non-hydrogen) atoms. The molecule has 2 rings (SSSR count). The maximum atomic E-state index is 11.2. The minimum Gasteiger partial charge on any atom is -0.465 e. The van der Waals surface area contributed by atoms with Crippen LogP contribution in [0.2, 0.25) is 0 Å². The normalized spacial score (nSPS) is 15.0. The van der Waals surface area contributed by atoms with Crippen LogP contribution in [-0.4, -0.2) is 26.3 Å². The van der Waals surface area contributed by atoms with E-state index in [1.165, 1.54) is 7.11 Å². The van der Waals surface area contributed by atoms with Crippen LogP contribution >= 0.6 is 0 Å². The van der Waals surface area contributed by atoms with E-state index in [1.807, 2.05) is 26.0 Å². The first-order valence-corrected chi connectivity index (χ1v) is 5.73. The Bertz CT molecular complexity index is 339. The summed E-state index contributed by atoms with van der Waals surface area (Å²) in [6.45, 7) is 5.23. The molecule has 1 aromatic rings. The van der Waals surface area contributed by atoms with Crippen LogP contribution in [0.1, 0.15) is 36.1 Å². The molecule has 94 valence electrons. The standard InChI is InChI=1S/C11H12O4.C2H6/c1-13-10(12)8-2-4-9(5-3-8)11-14-6-7-15-11;1-2/h2-5,11H,6-7H2,1H3;1-2H3. The van der Waals surface area contributed by atoms with E-state index >= 15 is 0 Å². The Balaban J connectivity index is 0.000000686. The third-order valence-corrected chi connectivity index (χ3v) is 2.23. The minimum absolute atomic E-state index is 0.295. The average molecular weight is 238 g/mol. The Kier molecular flexibility index (Phi) is 5.66. The summed E-state index contributed by atoms with van der Waals surface area (Å²) >= 11 is 0. The Hall–Kier alpha value is -1.39. The third-order valence-electron chi connectivity index (χ3n) is 2.23. The van der Waals surface area contributed by atoms with Crippen LogP contribution in [-0.2, 0) is 14.2 Å². The zero-order chi connectivity index (χ0) is 12.7. The fraction of sp³-hybridized carbons (Fsp3) is 0.462. The zero-order valence-corrected chi connectivity index (χ0v) is 10.4. The fourth-order valence-corrected chi connectivity index (χ4v) is 1.45. The Morgan fingerprint density at radius 3 is 2.18 bits per heavy atom. The number of rotatable bonds is 2. The molecule has 0 N–H and O–H groups in total. The monoisotopic (exact) mass is 238 g/mol. The summed E-state index contributed by atoms with van der Waals surface area (Å²) in [6, 6.07) is 7.02. The van der Waals surface area contributed by atoms with E-state index in [9.17, 15) is 4.79 Å². The van der Waals surface area contributed by atoms with Crippen molar-refractivity contribution in [2.45, 2.75) is 20.1 Å². The molecule has 0 saturated carbocycles. The summed E-state index contributed by atoms with van der Waals surface area (Å²) in [5.74, 6) is -0.338. The molecule has 0 spiro atoms. The van der Waals surface area contributed by atoms with Crippen molar-refractivity contribution < 1.29 is 19.0 Å². The second kappa shape index (κ2) is 7.04. The lowest BCUT2D eigenvalue weighted by atomic mass is 10.1. The number of carbonyl (C=O) groups is 1. The molecule has 1 aromatic carbocycles. The van der Waals surface area contributed by atoms with E-state index in [4.69, 9.17) is 9.47 Å². The molecule has 1 aliphatic rings. The van der Waals surface area contributed by atoms with Gasteiger partial charge in [0.25, 0.3) is 0 Å². The van der Waals surface area contributed by atoms with Crippen LogP contribution in [0.4, 0.5) is 0 Å². The van der Waals surface area contributed by atoms with Gasteiger partial charge in [0.15, 0.2) is 6.29 Å². The summed E-state index contributed by atoms with van der Waals surface area (Å²) < 4.78 is 15.3. The fourth-order valence-electron chi connectivity index (χ4n) is 1.45. The summed E-state index contributed by atoms with van der Waals surface area (Å²) in [5, 5.41) is 0. The molecule has 4 heteroatoms. The lowest BCUT2D eigenvalue weighted by molar-refractivity contribution is -0.0441. The molecule has 1 heterocycles. The average Bonchev–Trinajstić information content (AvgIpc) is 2.94. The van der Waals surface area contributed by atoms with Crippen molar-refractivity contribution in [1.29, 1.82) is 0 Å². The Labute approximate surface area is 101 Å². The molecule has 1 saturated heterocycles. The highest BCUT2D eigenvalue weighted by atomic mass is 16.7. The van der Waals surface area contributed by atoms with Crippen LogP contribution < -0.4 is 0 Å². The predicted octanol–water partition coefficient (Wildman–Crippen LogP) is 2.54. The number of hydrogen-bond donors (Lipinski definition) is 0. The second-order valence-corrected chi connectivity index (χ2v) is 3.19. The molecule has 4 nitrogen and oxygen atoms in total. The van der Waals surface area contributed by atoms with Crippen LogP contribution in [0.15, 0.2) is 24.3 Å². The summed E-state index contributed by atoms with van der Waals surface area (Å²) in [7, 11) is 1.36. The highest BCUT2D eigenvalue weighted by molar-refractivity contribution is 5.89. The van der Waals surface area contributed by atoms with E-state index < -0.39 is 0 Å². The first kappa shape index (κ1) is 13.7. The molecule has 0 atom stereocenters. The minimum atomic E-state index is -0.338. The van der Waals surface area contributed by atoms with Crippen molar-refractivity contribution in [2.24, 2.45) is 0 Å². The van der Waals surface area contributed by atoms with Crippen molar-refractivity contribution in [3.05, 3.63) is 35.4 Å². The smallest absolute Gasteiger partial charge is 0.337 e. The van der Waals surface area contributed by atoms with E-state index in [-0.39, 0.29) is 12.3 Å². The van der Waals surface area contributed by atoms with E-state index in [0.29, 0.717) is 18.8 Å². The first-order chi connectivity index (χ1) is 8.31. The molecule has 1 aliphatic heterocycles. The van der Waals surface area contributed by atoms with Gasteiger partial charge in [0.05, 0.1) is 25.9 Å². The number of methoxy groups -OCH3 is 1. The van der Waals surface area contributed by atoms with Crippen molar-refractivity contribution in [3.8, 4) is 0 Å². The molecular formula is C13H18O4. The third kappa shape index (κ3) is 3.54. The molecule has 0 aliphatic carbocycles. The van der Waals surface area contributed by atoms with Crippen molar-refractivity contribution in [3.63, 3.8) is 0 Å². The zero-order valence-electron chi connectivity index (χ0n) is 10.4. The van der Waals surface area contributed by atoms with Gasteiger partial charge in [-0.2, -0.15) is 0 Å². The number of hydrogen-bond acceptors (Lipinski definition) is 4. The highest BCUT2D eigenvalue weighted by Crippen LogP contribution is 2.23. The van der Waals surface area contributed by atoms with Gasteiger partial charge in [-0.25, -0.2) is 4.79 Å². The second-order valence-electron chi connectivity index (χ2n) is 3.19. The van der Waals surface area contributed by atoms with E-state index in [1.54, 1.807) is 12.1 Å². The number of esters is 1. The molecule has 0 radical (unpaired) electrons. The van der Waals surface area contributed by atoms with Gasteiger partial charge < -0.3 is 14.2 Å². The van der Waals surface area contributed by atoms with Crippen molar-refractivity contribution >= 4 is 5.97 Å². The van der Waals surface area contributed by atoms with Gasteiger partial charge in [0.1, 0.15) is 0 Å². The van der Waals surface area contributed by atoms with Crippen LogP contribution in [0, 0.1) is 0 Å². The van der Waals surface area contributed by atoms with Crippen LogP contribution in [0.3, 0.4) is 0 Å². The predicted molar refractivity (Wildman–Crippen MR) is 63.8 cm³/mol. The summed E-state index contributed by atoms with van der Waals surface area (Å²) in [4.78, 5) is 11.2. The highest BCUT2D eigenvalue weighted by Gasteiger charge is 2.18. The largest absolute Gasteiger partial charge is 0.465 e. The van der Waals surface area contributed by atoms with Gasteiger partial charge in [0, 0.05) is 5.56 Å². The topological polar surface area (TPSA) is 44.8 Å². The molecule has 0 aromatic heterocycles. The molecule has 1 fully saturated rings. The Morgan fingerprint density at radius 2 is 1.71 bits per heavy atom. The summed E-state index contributed by atoms with van der Waals surface area (Å²) in [5.41, 5.74) is 1.44. The lowest BCUT2D eigenvalue weighted by Crippen LogP contribution is -2.02. The maximum Gasteiger partial charge on any atom is 0.337 e. The van der Waals surface area contributed by atoms with E-state index in [2.05, 4.69) is 4.74 Å². The number of carbonyl (C=O) groups excluding carboxylic acids is 1. The van der Waals surface area contributed by atoms with Gasteiger partial charge >= 0.3 is 5.97 Å². The maximum absolute atomic E-state index is 11.2. The van der Waals surface area contributed by atoms with Gasteiger partial charge in [0.2, 0.25) is 0 Å². The first-order valence-electron chi connectivity index (χ1n) is 5.73. The molecule has 0 amide bonds. The van der Waals surface area contributed by atoms with Crippen molar-refractivity contribution in [2.75, 3.05) is 20.3 Å². The summed E-state index contributed by atoms with van der Waals surface area (Å²) in [6.07, 6.45) is -0.295. The number of benzene rings is 1. The van der Waals surface area contributed by atoms with Gasteiger partial charge in [-0.3, -0.25) is 0 Å². The van der Waals surface area contributed by atoms with Crippen molar-refractivity contribution in [1.82, 2.24) is 0 Å². The van der Waals surface area contributed by atoms with Gasteiger partial charge in [-0.05, 0) is 12.1 Å². The van der Waals surface area contributed by atoms with E-state index in [0.717, 1.165) is 5.56 Å². The molecule has 0 bridgehead atoms. The van der Waals surface area contributed by atoms with Crippen LogP contribution in [0.5, 0.6) is 0 Å². The lowest BCUT2D eigenvalue weighted by Gasteiger charge is -2.09. The van der Waals surface area contributed by atoms with Crippen LogP contribution in [0.25, 0.3) is 0 Å². The number of ether oxygens (including phenoxy) is 3. The molecular weight excluding hydrogens is 220 g/mol. The quantitative estimate of drug-likeness (QED) is 0.743. The van der Waals surface area contributed by atoms with Gasteiger partial charge in [-0.1, -0.05) is 26.0 Å². The molecule has 0 unspecified atom stereocenters.